The molecule has 5 N–H and O–H groups in total. The molecule has 0 aromatic heterocycles. The quantitative estimate of drug-likeness (QED) is 0.229. The van der Waals surface area contributed by atoms with Gasteiger partial charge in [0.15, 0.2) is 5.96 Å². The monoisotopic (exact) mass is 489 g/mol. The topological polar surface area (TPSA) is 109 Å². The Labute approximate surface area is 179 Å². The number of aliphatic imine (C=N–C) groups is 1. The zero-order valence-corrected chi connectivity index (χ0v) is 18.7. The van der Waals surface area contributed by atoms with Crippen LogP contribution in [-0.2, 0) is 11.3 Å². The van der Waals surface area contributed by atoms with Gasteiger partial charge < -0.3 is 21.7 Å². The van der Waals surface area contributed by atoms with E-state index in [1.54, 1.807) is 12.1 Å². The number of halogens is 1. The molecule has 1 aromatic carbocycles. The van der Waals surface area contributed by atoms with Gasteiger partial charge >= 0.3 is 0 Å². The van der Waals surface area contributed by atoms with Gasteiger partial charge in [0.25, 0.3) is 5.91 Å². The Morgan fingerprint density at radius 1 is 1.04 bits per heavy atom. The molecule has 0 unspecified atom stereocenters. The van der Waals surface area contributed by atoms with Crippen molar-refractivity contribution in [2.24, 2.45) is 16.6 Å². The number of hydrogen-bond acceptors (Lipinski definition) is 3. The third kappa shape index (κ3) is 10.2. The van der Waals surface area contributed by atoms with Crippen molar-refractivity contribution < 1.29 is 9.59 Å². The largest absolute Gasteiger partial charge is 0.368 e. The highest BCUT2D eigenvalue weighted by Gasteiger charge is 2.07. The molecular weight excluding hydrogens is 457 g/mol. The van der Waals surface area contributed by atoms with Crippen LogP contribution in [0.15, 0.2) is 29.3 Å². The van der Waals surface area contributed by atoms with Gasteiger partial charge in [-0.05, 0) is 30.5 Å². The van der Waals surface area contributed by atoms with E-state index in [0.29, 0.717) is 18.0 Å². The fourth-order valence-electron chi connectivity index (χ4n) is 2.36. The van der Waals surface area contributed by atoms with Crippen molar-refractivity contribution in [3.05, 3.63) is 35.4 Å². The third-order valence-electron chi connectivity index (χ3n) is 4.12. The third-order valence-corrected chi connectivity index (χ3v) is 4.12. The lowest BCUT2D eigenvalue weighted by Crippen LogP contribution is -2.39. The summed E-state index contributed by atoms with van der Waals surface area (Å²) in [5.74, 6) is 0.542. The van der Waals surface area contributed by atoms with Crippen LogP contribution in [0.5, 0.6) is 0 Å². The highest BCUT2D eigenvalue weighted by Crippen LogP contribution is 2.07. The predicted molar refractivity (Wildman–Crippen MR) is 120 cm³/mol. The summed E-state index contributed by atoms with van der Waals surface area (Å²) in [6, 6.07) is 7.14. The fraction of sp³-hybridized carbons (Fsp3) is 0.526. The van der Waals surface area contributed by atoms with E-state index < -0.39 is 5.91 Å². The zero-order chi connectivity index (χ0) is 19.4. The first kappa shape index (κ1) is 25.2. The fourth-order valence-corrected chi connectivity index (χ4v) is 2.36. The van der Waals surface area contributed by atoms with Crippen molar-refractivity contribution in [2.75, 3.05) is 19.6 Å². The van der Waals surface area contributed by atoms with Crippen LogP contribution in [0, 0.1) is 5.92 Å². The number of rotatable bonds is 10. The van der Waals surface area contributed by atoms with E-state index in [-0.39, 0.29) is 36.4 Å². The molecule has 0 radical (unpaired) electrons. The Morgan fingerprint density at radius 2 is 1.67 bits per heavy atom. The average Bonchev–Trinajstić information content (AvgIpc) is 2.65. The Kier molecular flexibility index (Phi) is 13.3. The second kappa shape index (κ2) is 14.2. The number of amides is 2. The van der Waals surface area contributed by atoms with Gasteiger partial charge in [-0.3, -0.25) is 9.59 Å². The molecule has 0 fully saturated rings. The molecule has 0 aliphatic carbocycles. The lowest BCUT2D eigenvalue weighted by Gasteiger charge is -2.16. The van der Waals surface area contributed by atoms with Gasteiger partial charge in [-0.2, -0.15) is 0 Å². The van der Waals surface area contributed by atoms with E-state index in [4.69, 9.17) is 5.73 Å². The van der Waals surface area contributed by atoms with Crippen molar-refractivity contribution >= 4 is 41.8 Å². The van der Waals surface area contributed by atoms with Crippen molar-refractivity contribution in [1.29, 1.82) is 0 Å². The molecule has 1 aromatic rings. The molecule has 0 saturated carbocycles. The molecule has 152 valence electrons. The minimum absolute atomic E-state index is 0. The average molecular weight is 489 g/mol. The van der Waals surface area contributed by atoms with Crippen LogP contribution in [0.1, 0.15) is 49.5 Å². The number of nitrogens with two attached hydrogens (primary N) is 1. The predicted octanol–water partition coefficient (Wildman–Crippen LogP) is 2.01. The van der Waals surface area contributed by atoms with E-state index in [1.165, 1.54) is 0 Å². The Hall–Kier alpha value is -1.84. The number of nitrogens with zero attached hydrogens (tertiary/aromatic N) is 1. The summed E-state index contributed by atoms with van der Waals surface area (Å²) in [5.41, 5.74) is 6.50. The summed E-state index contributed by atoms with van der Waals surface area (Å²) in [6.07, 6.45) is 2.28. The SMILES string of the molecule is CCNC(=NCc1ccc(C(=O)NCC(N)=O)cc1)NCC(CC)CC.I. The van der Waals surface area contributed by atoms with Crippen molar-refractivity contribution in [3.63, 3.8) is 0 Å². The van der Waals surface area contributed by atoms with Crippen LogP contribution >= 0.6 is 24.0 Å². The maximum Gasteiger partial charge on any atom is 0.251 e. The smallest absolute Gasteiger partial charge is 0.251 e. The Morgan fingerprint density at radius 3 is 2.19 bits per heavy atom. The van der Waals surface area contributed by atoms with E-state index in [1.807, 2.05) is 19.1 Å². The molecule has 27 heavy (non-hydrogen) atoms. The van der Waals surface area contributed by atoms with E-state index in [0.717, 1.165) is 37.5 Å². The molecule has 1 rings (SSSR count). The van der Waals surface area contributed by atoms with Crippen LogP contribution in [0.4, 0.5) is 0 Å². The standard InChI is InChI=1S/C19H31N5O2.HI/c1-4-14(5-2)11-23-19(21-6-3)24-12-15-7-9-16(10-8-15)18(26)22-13-17(20)25;/h7-10,14H,4-6,11-13H2,1-3H3,(H2,20,25)(H,22,26)(H2,21,23,24);1H. The van der Waals surface area contributed by atoms with E-state index >= 15 is 0 Å². The molecule has 0 atom stereocenters. The first-order chi connectivity index (χ1) is 12.5. The number of carbonyl (C=O) groups is 2. The Balaban J connectivity index is 0.00000676. The van der Waals surface area contributed by atoms with Gasteiger partial charge in [0.2, 0.25) is 5.91 Å². The number of carbonyl (C=O) groups excluding carboxylic acids is 2. The van der Waals surface area contributed by atoms with Crippen molar-refractivity contribution in [1.82, 2.24) is 16.0 Å². The molecule has 8 heteroatoms. The molecule has 0 saturated heterocycles. The number of nitrogens with one attached hydrogen (secondary N) is 3. The molecular formula is C19H32IN5O2. The zero-order valence-electron chi connectivity index (χ0n) is 16.4. The van der Waals surface area contributed by atoms with Gasteiger partial charge in [0.05, 0.1) is 13.1 Å². The van der Waals surface area contributed by atoms with Gasteiger partial charge in [-0.25, -0.2) is 4.99 Å². The molecule has 0 spiro atoms. The molecule has 0 bridgehead atoms. The normalized spacial score (nSPS) is 10.9. The number of primary amides is 1. The van der Waals surface area contributed by atoms with Crippen LogP contribution < -0.4 is 21.7 Å². The Bertz CT molecular complexity index is 601. The summed E-state index contributed by atoms with van der Waals surface area (Å²) in [6.45, 7) is 8.47. The first-order valence-corrected chi connectivity index (χ1v) is 9.17. The second-order valence-corrected chi connectivity index (χ2v) is 6.10. The van der Waals surface area contributed by atoms with E-state index in [9.17, 15) is 9.59 Å². The maximum atomic E-state index is 11.9. The lowest BCUT2D eigenvalue weighted by atomic mass is 10.0. The lowest BCUT2D eigenvalue weighted by molar-refractivity contribution is -0.117. The summed E-state index contributed by atoms with van der Waals surface area (Å²) in [7, 11) is 0. The molecule has 0 aliphatic heterocycles. The second-order valence-electron chi connectivity index (χ2n) is 6.10. The minimum atomic E-state index is -0.568. The van der Waals surface area contributed by atoms with Gasteiger partial charge in [-0.1, -0.05) is 38.8 Å². The summed E-state index contributed by atoms with van der Waals surface area (Å²) >= 11 is 0. The molecule has 7 nitrogen and oxygen atoms in total. The molecule has 0 heterocycles. The van der Waals surface area contributed by atoms with Gasteiger partial charge in [-0.15, -0.1) is 24.0 Å². The van der Waals surface area contributed by atoms with Gasteiger partial charge in [0, 0.05) is 18.7 Å². The summed E-state index contributed by atoms with van der Waals surface area (Å²) in [5, 5.41) is 9.09. The minimum Gasteiger partial charge on any atom is -0.368 e. The highest BCUT2D eigenvalue weighted by atomic mass is 127. The van der Waals surface area contributed by atoms with Gasteiger partial charge in [0.1, 0.15) is 0 Å². The van der Waals surface area contributed by atoms with Crippen molar-refractivity contribution in [2.45, 2.75) is 40.2 Å². The first-order valence-electron chi connectivity index (χ1n) is 9.17. The number of benzene rings is 1. The molecule has 0 aliphatic rings. The number of guanidine groups is 1. The van der Waals surface area contributed by atoms with Crippen LogP contribution in [0.2, 0.25) is 0 Å². The maximum absolute atomic E-state index is 11.9. The van der Waals surface area contributed by atoms with E-state index in [2.05, 4.69) is 34.8 Å². The highest BCUT2D eigenvalue weighted by molar-refractivity contribution is 14.0. The molecule has 2 amide bonds. The van der Waals surface area contributed by atoms with Crippen LogP contribution in [-0.4, -0.2) is 37.4 Å². The van der Waals surface area contributed by atoms with Crippen LogP contribution in [0.25, 0.3) is 0 Å². The van der Waals surface area contributed by atoms with Crippen molar-refractivity contribution in [3.8, 4) is 0 Å². The van der Waals surface area contributed by atoms with Crippen LogP contribution in [0.3, 0.4) is 0 Å². The number of hydrogen-bond donors (Lipinski definition) is 4. The summed E-state index contributed by atoms with van der Waals surface area (Å²) < 4.78 is 0. The summed E-state index contributed by atoms with van der Waals surface area (Å²) in [4.78, 5) is 27.1.